The topological polar surface area (TPSA) is 22.2 Å². The third kappa shape index (κ3) is 8.45. The summed E-state index contributed by atoms with van der Waals surface area (Å²) in [5.41, 5.74) is 21.3. The number of nitrogens with zero attached hydrogens (tertiary/aromatic N) is 4. The summed E-state index contributed by atoms with van der Waals surface area (Å²) in [6.07, 6.45) is 10.6. The van der Waals surface area contributed by atoms with Crippen molar-refractivity contribution in [3.63, 3.8) is 0 Å². The highest BCUT2D eigenvalue weighted by Crippen LogP contribution is 2.54. The highest BCUT2D eigenvalue weighted by atomic mass is 16.5. The zero-order chi connectivity index (χ0) is 49.1. The lowest BCUT2D eigenvalue weighted by Gasteiger charge is -2.54. The van der Waals surface area contributed by atoms with E-state index >= 15 is 0 Å². The Balaban J connectivity index is 1.04. The number of aryl methyl sites for hydroxylation is 4. The Bertz CT molecular complexity index is 3200. The van der Waals surface area contributed by atoms with Crippen LogP contribution < -0.4 is 19.6 Å². The van der Waals surface area contributed by atoms with Gasteiger partial charge in [0.1, 0.15) is 0 Å². The molecule has 0 N–H and O–H groups in total. The van der Waals surface area contributed by atoms with Crippen molar-refractivity contribution in [2.75, 3.05) is 19.6 Å². The van der Waals surface area contributed by atoms with Crippen LogP contribution in [0.3, 0.4) is 0 Å². The first kappa shape index (κ1) is 46.0. The van der Waals surface area contributed by atoms with Gasteiger partial charge in [-0.3, -0.25) is 0 Å². The van der Waals surface area contributed by atoms with Gasteiger partial charge in [-0.1, -0.05) is 124 Å². The van der Waals surface area contributed by atoms with E-state index < -0.39 is 0 Å². The number of ether oxygens (including phenoxy) is 1. The van der Waals surface area contributed by atoms with Gasteiger partial charge in [-0.2, -0.15) is 0 Å². The summed E-state index contributed by atoms with van der Waals surface area (Å²) in [4.78, 5) is 10.2. The molecule has 8 aromatic rings. The summed E-state index contributed by atoms with van der Waals surface area (Å²) in [5.74, 6) is 0. The molecule has 12 rings (SSSR count). The summed E-state index contributed by atoms with van der Waals surface area (Å²) in [6.45, 7) is 13.6. The molecule has 0 aromatic heterocycles. The lowest BCUT2D eigenvalue weighted by Crippen LogP contribution is -2.62. The van der Waals surface area contributed by atoms with Gasteiger partial charge in [-0.05, 0) is 195 Å². The van der Waals surface area contributed by atoms with E-state index in [1.54, 1.807) is 0 Å². The third-order valence-corrected chi connectivity index (χ3v) is 16.3. The van der Waals surface area contributed by atoms with Crippen molar-refractivity contribution in [2.24, 2.45) is 0 Å². The molecule has 0 bridgehead atoms. The maximum Gasteiger partial charge on any atom is 0.0783 e. The molecule has 362 valence electrons. The molecule has 8 aromatic carbocycles. The van der Waals surface area contributed by atoms with Crippen LogP contribution in [0.5, 0.6) is 0 Å². The van der Waals surface area contributed by atoms with Crippen molar-refractivity contribution in [1.82, 2.24) is 0 Å². The summed E-state index contributed by atoms with van der Waals surface area (Å²) in [6, 6.07) is 69.4. The normalized spacial score (nSPS) is 19.7. The van der Waals surface area contributed by atoms with Crippen LogP contribution in [0.15, 0.2) is 182 Å². The molecule has 3 aliphatic carbocycles. The molecule has 4 aliphatic rings. The molecule has 0 spiro atoms. The molecule has 0 amide bonds. The lowest BCUT2D eigenvalue weighted by molar-refractivity contribution is -0.0969. The predicted molar refractivity (Wildman–Crippen MR) is 303 cm³/mol. The molecule has 1 heterocycles. The second-order valence-electron chi connectivity index (χ2n) is 21.8. The number of fused-ring (bicyclic) bond motifs is 5. The molecule has 4 unspecified atom stereocenters. The number of hydrogen-bond acceptors (Lipinski definition) is 5. The first-order valence-electron chi connectivity index (χ1n) is 26.7. The maximum absolute atomic E-state index is 6.94. The van der Waals surface area contributed by atoms with Gasteiger partial charge < -0.3 is 24.3 Å². The number of benzene rings is 8. The van der Waals surface area contributed by atoms with Gasteiger partial charge in [0.05, 0.1) is 41.4 Å². The molecular weight excluding hydrogens is 877 g/mol. The van der Waals surface area contributed by atoms with Crippen molar-refractivity contribution in [3.05, 3.63) is 215 Å². The molecule has 1 aliphatic heterocycles. The molecular formula is C67H68N4O. The maximum atomic E-state index is 6.94. The first-order chi connectivity index (χ1) is 35.1. The molecule has 5 heteroatoms. The molecule has 5 nitrogen and oxygen atoms in total. The Morgan fingerprint density at radius 1 is 0.375 bits per heavy atom. The minimum Gasteiger partial charge on any atom is -0.371 e. The Labute approximate surface area is 428 Å². The van der Waals surface area contributed by atoms with E-state index in [1.165, 1.54) is 102 Å². The Kier molecular flexibility index (Phi) is 12.0. The van der Waals surface area contributed by atoms with Crippen LogP contribution in [-0.4, -0.2) is 24.3 Å². The Hall–Kier alpha value is -7.08. The minimum atomic E-state index is -0.227. The Morgan fingerprint density at radius 3 is 1.31 bits per heavy atom. The molecule has 0 radical (unpaired) electrons. The number of rotatable bonds is 10. The van der Waals surface area contributed by atoms with E-state index in [9.17, 15) is 0 Å². The van der Waals surface area contributed by atoms with Crippen LogP contribution >= 0.6 is 0 Å². The second-order valence-corrected chi connectivity index (χ2v) is 21.8. The monoisotopic (exact) mass is 945 g/mol. The van der Waals surface area contributed by atoms with Gasteiger partial charge in [0, 0.05) is 45.2 Å². The van der Waals surface area contributed by atoms with E-state index in [2.05, 4.69) is 243 Å². The van der Waals surface area contributed by atoms with E-state index in [0.29, 0.717) is 24.3 Å². The fourth-order valence-corrected chi connectivity index (χ4v) is 12.9. The fourth-order valence-electron chi connectivity index (χ4n) is 12.9. The highest BCUT2D eigenvalue weighted by Gasteiger charge is 2.46. The van der Waals surface area contributed by atoms with Gasteiger partial charge in [-0.15, -0.1) is 0 Å². The highest BCUT2D eigenvalue weighted by molar-refractivity contribution is 5.91. The van der Waals surface area contributed by atoms with Gasteiger partial charge in [0.15, 0.2) is 0 Å². The smallest absolute Gasteiger partial charge is 0.0783 e. The minimum absolute atomic E-state index is 0.227. The summed E-state index contributed by atoms with van der Waals surface area (Å²) < 4.78 is 6.94. The molecule has 3 fully saturated rings. The average Bonchev–Trinajstić information content (AvgIpc) is 3.61. The zero-order valence-electron chi connectivity index (χ0n) is 43.0. The van der Waals surface area contributed by atoms with E-state index in [4.69, 9.17) is 4.74 Å². The van der Waals surface area contributed by atoms with E-state index in [1.807, 2.05) is 0 Å². The van der Waals surface area contributed by atoms with Crippen molar-refractivity contribution in [2.45, 2.75) is 123 Å². The molecule has 2 saturated carbocycles. The second kappa shape index (κ2) is 18.8. The van der Waals surface area contributed by atoms with Crippen molar-refractivity contribution in [1.29, 1.82) is 0 Å². The first-order valence-corrected chi connectivity index (χ1v) is 26.7. The van der Waals surface area contributed by atoms with Crippen LogP contribution in [0.2, 0.25) is 0 Å². The zero-order valence-corrected chi connectivity index (χ0v) is 43.0. The quantitative estimate of drug-likeness (QED) is 0.136. The van der Waals surface area contributed by atoms with Gasteiger partial charge in [-0.25, -0.2) is 0 Å². The van der Waals surface area contributed by atoms with Crippen LogP contribution in [0.1, 0.15) is 98.6 Å². The van der Waals surface area contributed by atoms with Crippen molar-refractivity contribution in [3.8, 4) is 11.1 Å². The number of hydrogen-bond donors (Lipinski definition) is 0. The van der Waals surface area contributed by atoms with Gasteiger partial charge in [0.25, 0.3) is 0 Å². The fraction of sp³-hybridized carbons (Fsp3) is 0.284. The lowest BCUT2D eigenvalue weighted by atomic mass is 9.80. The number of para-hydroxylation sites is 1. The van der Waals surface area contributed by atoms with Crippen LogP contribution in [-0.2, 0) is 10.2 Å². The van der Waals surface area contributed by atoms with Crippen LogP contribution in [0, 0.1) is 27.7 Å². The largest absolute Gasteiger partial charge is 0.371 e. The van der Waals surface area contributed by atoms with Crippen LogP contribution in [0.4, 0.5) is 56.9 Å². The van der Waals surface area contributed by atoms with Gasteiger partial charge in [0.2, 0.25) is 0 Å². The SMILES string of the molecule is Cc1ccc(N(c2cc(N(c3ccccc3)c3cccc(C)c3)cc(N(c3cccc(C)c3)c3cccc(C)c3)c2)c2ccc3c(c2)C(C)(C)c2cc(N4C5CCCCC5OC5CCCCC54)ccc2-3)cc1. The Morgan fingerprint density at radius 2 is 0.792 bits per heavy atom. The van der Waals surface area contributed by atoms with Gasteiger partial charge >= 0.3 is 0 Å². The summed E-state index contributed by atoms with van der Waals surface area (Å²) in [7, 11) is 0. The summed E-state index contributed by atoms with van der Waals surface area (Å²) in [5, 5.41) is 0. The predicted octanol–water partition coefficient (Wildman–Crippen LogP) is 18.1. The van der Waals surface area contributed by atoms with E-state index in [-0.39, 0.29) is 5.41 Å². The van der Waals surface area contributed by atoms with Crippen molar-refractivity contribution < 1.29 is 4.74 Å². The summed E-state index contributed by atoms with van der Waals surface area (Å²) >= 11 is 0. The number of anilines is 10. The average molecular weight is 945 g/mol. The third-order valence-electron chi connectivity index (χ3n) is 16.3. The van der Waals surface area contributed by atoms with Crippen LogP contribution in [0.25, 0.3) is 11.1 Å². The molecule has 72 heavy (non-hydrogen) atoms. The molecule has 1 saturated heterocycles. The van der Waals surface area contributed by atoms with Crippen molar-refractivity contribution >= 4 is 56.9 Å². The van der Waals surface area contributed by atoms with E-state index in [0.717, 1.165) is 51.2 Å². The molecule has 4 atom stereocenters. The standard InChI is InChI=1S/C67H68N4O/c1-45-29-31-50(32-30-45)69(54-33-35-59-60-36-34-55(44-62(60)67(5,6)61(59)43-54)71-63-25-10-12-27-65(63)72-66-28-13-11-26-64(66)71)57-40-56(68(49-20-8-7-9-21-49)51-22-14-17-46(2)37-51)41-58(42-57)70(52-23-15-18-47(3)38-52)53-24-16-19-48(4)39-53/h7-9,14-24,29-44,63-66H,10-13,25-28H2,1-6H3. The number of morpholine rings is 1.